The van der Waals surface area contributed by atoms with Crippen LogP contribution in [0.3, 0.4) is 0 Å². The van der Waals surface area contributed by atoms with Gasteiger partial charge in [-0.25, -0.2) is 0 Å². The first kappa shape index (κ1) is 58.4. The van der Waals surface area contributed by atoms with Crippen molar-refractivity contribution in [3.63, 3.8) is 0 Å². The molecule has 0 unspecified atom stereocenters. The van der Waals surface area contributed by atoms with E-state index in [2.05, 4.69) is 5.32 Å². The molecule has 0 aromatic heterocycles. The number of hydrogen-bond donors (Lipinski definition) is 9. The van der Waals surface area contributed by atoms with Crippen molar-refractivity contribution in [1.29, 1.82) is 0 Å². The summed E-state index contributed by atoms with van der Waals surface area (Å²) in [6, 6.07) is 22.9. The van der Waals surface area contributed by atoms with Crippen LogP contribution in [0.4, 0.5) is 11.4 Å². The highest BCUT2D eigenvalue weighted by Crippen LogP contribution is 2.48. The van der Waals surface area contributed by atoms with Crippen LogP contribution < -0.4 is 29.3 Å². The molecule has 0 radical (unpaired) electrons. The molecule has 22 heteroatoms. The second kappa shape index (κ2) is 26.1. The smallest absolute Gasteiger partial charge is 0.251 e. The molecular formula is C58H63Cl2N3O17. The van der Waals surface area contributed by atoms with E-state index < -0.39 is 86.4 Å². The molecule has 5 aromatic rings. The number of ether oxygens (including phenoxy) is 5. The van der Waals surface area contributed by atoms with Gasteiger partial charge in [-0.05, 0) is 58.5 Å². The third kappa shape index (κ3) is 12.2. The number of halogens is 2. The molecule has 426 valence electrons. The summed E-state index contributed by atoms with van der Waals surface area (Å²) in [6.07, 6.45) is -6.91. The number of carbonyl (C=O) groups excluding carboxylic acids is 4. The maximum Gasteiger partial charge on any atom is 0.251 e. The number of nitrogens with zero attached hydrogens (tertiary/aromatic N) is 2. The number of aldehydes is 1. The second-order valence-electron chi connectivity index (χ2n) is 20.0. The lowest BCUT2D eigenvalue weighted by atomic mass is 9.95. The molecule has 9 rings (SSSR count). The van der Waals surface area contributed by atoms with Crippen molar-refractivity contribution in [1.82, 2.24) is 5.32 Å². The highest BCUT2D eigenvalue weighted by Gasteiger charge is 2.47. The molecule has 80 heavy (non-hydrogen) atoms. The van der Waals surface area contributed by atoms with Crippen LogP contribution in [0.15, 0.2) is 91.0 Å². The van der Waals surface area contributed by atoms with Gasteiger partial charge < -0.3 is 84.4 Å². The Morgan fingerprint density at radius 1 is 0.625 bits per heavy atom. The minimum atomic E-state index is -1.69. The number of aliphatic hydroxyl groups excluding tert-OH is 8. The van der Waals surface area contributed by atoms with Crippen molar-refractivity contribution in [3.05, 3.63) is 113 Å². The Labute approximate surface area is 469 Å². The summed E-state index contributed by atoms with van der Waals surface area (Å²) < 4.78 is 29.9. The van der Waals surface area contributed by atoms with E-state index in [0.29, 0.717) is 63.7 Å². The molecule has 0 aliphatic carbocycles. The van der Waals surface area contributed by atoms with E-state index in [-0.39, 0.29) is 73.7 Å². The number of rotatable bonds is 21. The predicted octanol–water partition coefficient (Wildman–Crippen LogP) is 3.37. The van der Waals surface area contributed by atoms with Gasteiger partial charge in [0.05, 0.1) is 31.1 Å². The molecule has 4 heterocycles. The summed E-state index contributed by atoms with van der Waals surface area (Å²) in [5.74, 6) is -0.626. The molecule has 4 aliphatic rings. The SMILES string of the molecule is O=CCCCCC(=O)NCCOc1cc(/C=C/C(=O)N2C[C@@H](CCl)c3c2cc(O[C@@H]2O[C@H](CO)[C@H](O)[C@H](O)[C@H]2O)c2ccccc32)ccc1/C=C/C(=O)N1C[C@@H](CCl)c2c1cc(O[C@@H]1O[C@H](CO)[C@H](O)[C@H](O)[C@H]1O)c1ccccc21. The summed E-state index contributed by atoms with van der Waals surface area (Å²) in [7, 11) is 0. The molecule has 0 bridgehead atoms. The first-order chi connectivity index (χ1) is 38.7. The summed E-state index contributed by atoms with van der Waals surface area (Å²) in [5.41, 5.74) is 3.52. The van der Waals surface area contributed by atoms with Crippen LogP contribution in [0.25, 0.3) is 33.7 Å². The quantitative estimate of drug-likeness (QED) is 0.0220. The fourth-order valence-electron chi connectivity index (χ4n) is 10.6. The molecule has 20 nitrogen and oxygen atoms in total. The molecular weight excluding hydrogens is 1080 g/mol. The normalized spacial score (nSPS) is 26.5. The third-order valence-corrected chi connectivity index (χ3v) is 15.6. The van der Waals surface area contributed by atoms with Gasteiger partial charge in [-0.1, -0.05) is 60.7 Å². The van der Waals surface area contributed by atoms with E-state index in [1.54, 1.807) is 71.6 Å². The number of unbranched alkanes of at least 4 members (excludes halogenated alkanes) is 2. The average molecular weight is 1150 g/mol. The first-order valence-corrected chi connectivity index (χ1v) is 27.4. The van der Waals surface area contributed by atoms with E-state index in [4.69, 9.17) is 46.9 Å². The zero-order valence-electron chi connectivity index (χ0n) is 43.2. The van der Waals surface area contributed by atoms with Crippen molar-refractivity contribution in [2.45, 2.75) is 98.9 Å². The second-order valence-corrected chi connectivity index (χ2v) is 20.6. The molecule has 2 fully saturated rings. The molecule has 3 amide bonds. The Bertz CT molecular complexity index is 3120. The van der Waals surface area contributed by atoms with Gasteiger partial charge in [-0.2, -0.15) is 0 Å². The summed E-state index contributed by atoms with van der Waals surface area (Å²) >= 11 is 13.1. The zero-order chi connectivity index (χ0) is 56.8. The maximum atomic E-state index is 14.4. The predicted molar refractivity (Wildman–Crippen MR) is 296 cm³/mol. The molecule has 2 saturated heterocycles. The molecule has 5 aromatic carbocycles. The monoisotopic (exact) mass is 1140 g/mol. The van der Waals surface area contributed by atoms with Crippen LogP contribution in [0.1, 0.15) is 59.8 Å². The zero-order valence-corrected chi connectivity index (χ0v) is 44.7. The van der Waals surface area contributed by atoms with Gasteiger partial charge in [0.1, 0.15) is 79.0 Å². The lowest BCUT2D eigenvalue weighted by Gasteiger charge is -2.39. The van der Waals surface area contributed by atoms with E-state index in [0.717, 1.165) is 22.8 Å². The standard InChI is InChI=1S/C58H63Cl2N3O17/c59-25-33-27-62(39-23-42(35-8-3-5-10-37(35)49(33)39)77-57-55(74)53(72)51(70)44(29-65)79-57)47(68)17-14-31-13-15-32(41(22-31)76-21-19-61-46(67)12-2-1-7-20-64)16-18-48(69)63-28-34(26-60)50-38-11-6-4-9-36(38)43(24-40(50)63)78-58-56(75)54(73)52(71)45(30-66)80-58/h3-6,8-11,13-18,20,22-24,33-34,44-45,51-58,65-66,70-75H,1-2,7,12,19,21,25-30H2,(H,61,67)/b17-14+,18-16+/t33-,34-,44-,45-,51+,52+,53+,54+,55-,56-,57-,58-/m1/s1. The van der Waals surface area contributed by atoms with Crippen molar-refractivity contribution in [2.75, 3.05) is 61.0 Å². The van der Waals surface area contributed by atoms with Gasteiger partial charge in [0.25, 0.3) is 11.8 Å². The van der Waals surface area contributed by atoms with Gasteiger partial charge in [0.15, 0.2) is 0 Å². The van der Waals surface area contributed by atoms with Crippen molar-refractivity contribution in [2.24, 2.45) is 0 Å². The third-order valence-electron chi connectivity index (χ3n) is 14.9. The van der Waals surface area contributed by atoms with Gasteiger partial charge >= 0.3 is 0 Å². The maximum absolute atomic E-state index is 14.4. The Kier molecular flexibility index (Phi) is 19.1. The lowest BCUT2D eigenvalue weighted by molar-refractivity contribution is -0.277. The van der Waals surface area contributed by atoms with Crippen LogP contribution in [-0.4, -0.2) is 177 Å². The minimum Gasteiger partial charge on any atom is -0.491 e. The van der Waals surface area contributed by atoms with Crippen LogP contribution in [0.5, 0.6) is 17.2 Å². The number of benzene rings is 5. The van der Waals surface area contributed by atoms with Gasteiger partial charge in [-0.3, -0.25) is 14.4 Å². The Hall–Kier alpha value is -6.24. The average Bonchev–Trinajstić information content (AvgIpc) is 4.16. The topological polar surface area (TPSA) is 295 Å². The minimum absolute atomic E-state index is 0.0218. The summed E-state index contributed by atoms with van der Waals surface area (Å²) in [5, 5.41) is 88.6. The fourth-order valence-corrected chi connectivity index (χ4v) is 11.2. The number of aliphatic hydroxyl groups is 8. The van der Waals surface area contributed by atoms with Crippen LogP contribution in [0.2, 0.25) is 0 Å². The van der Waals surface area contributed by atoms with E-state index in [1.165, 1.54) is 17.1 Å². The first-order valence-electron chi connectivity index (χ1n) is 26.3. The van der Waals surface area contributed by atoms with Crippen molar-refractivity contribution < 1.29 is 83.7 Å². The summed E-state index contributed by atoms with van der Waals surface area (Å²) in [6.45, 7) is -0.751. The molecule has 0 spiro atoms. The Morgan fingerprint density at radius 3 is 1.61 bits per heavy atom. The molecule has 0 saturated carbocycles. The number of fused-ring (bicyclic) bond motifs is 6. The highest BCUT2D eigenvalue weighted by atomic mass is 35.5. The van der Waals surface area contributed by atoms with Crippen molar-refractivity contribution in [3.8, 4) is 17.2 Å². The molecule has 12 atom stereocenters. The van der Waals surface area contributed by atoms with Crippen LogP contribution in [-0.2, 0) is 28.7 Å². The number of nitrogens with one attached hydrogen (secondary N) is 1. The number of hydrogen-bond acceptors (Lipinski definition) is 17. The fraction of sp³-hybridized carbons (Fsp3) is 0.414. The number of anilines is 2. The Balaban J connectivity index is 0.983. The highest BCUT2D eigenvalue weighted by molar-refractivity contribution is 6.20. The Morgan fingerprint density at radius 2 is 1.12 bits per heavy atom. The van der Waals surface area contributed by atoms with E-state index in [1.807, 2.05) is 24.3 Å². The number of alkyl halides is 2. The number of carbonyl (C=O) groups is 4. The largest absolute Gasteiger partial charge is 0.491 e. The lowest BCUT2D eigenvalue weighted by Crippen LogP contribution is -2.60. The van der Waals surface area contributed by atoms with Crippen molar-refractivity contribution >= 4 is 92.3 Å². The van der Waals surface area contributed by atoms with Gasteiger partial charge in [-0.15, -0.1) is 23.2 Å². The van der Waals surface area contributed by atoms with Gasteiger partial charge in [0, 0.05) is 90.1 Å². The molecule has 9 N–H and O–H groups in total. The van der Waals surface area contributed by atoms with Crippen LogP contribution in [0, 0.1) is 0 Å². The molecule has 4 aliphatic heterocycles. The van der Waals surface area contributed by atoms with E-state index >= 15 is 0 Å². The van der Waals surface area contributed by atoms with E-state index in [9.17, 15) is 60.0 Å². The van der Waals surface area contributed by atoms with Crippen LogP contribution >= 0.6 is 23.2 Å². The summed E-state index contributed by atoms with van der Waals surface area (Å²) in [4.78, 5) is 55.1. The van der Waals surface area contributed by atoms with Gasteiger partial charge in [0.2, 0.25) is 18.5 Å². The number of amides is 3.